The van der Waals surface area contributed by atoms with Crippen LogP contribution in [0.25, 0.3) is 0 Å². The molecule has 1 unspecified atom stereocenters. The van der Waals surface area contributed by atoms with Crippen molar-refractivity contribution in [3.05, 3.63) is 34.9 Å². The Kier molecular flexibility index (Phi) is 3.59. The monoisotopic (exact) mass is 271 g/mol. The zero-order valence-electron chi connectivity index (χ0n) is 8.80. The molecule has 0 aromatic heterocycles. The molecule has 0 aliphatic carbocycles. The maximum absolute atomic E-state index is 12.1. The first-order chi connectivity index (χ1) is 8.09. The van der Waals surface area contributed by atoms with Crippen LogP contribution >= 0.6 is 23.4 Å². The van der Waals surface area contributed by atoms with Gasteiger partial charge >= 0.3 is 5.97 Å². The fraction of sp³-hybridized carbons (Fsp3) is 0.273. The smallest absolute Gasteiger partial charge is 0.327 e. The second-order valence-corrected chi connectivity index (χ2v) is 5.08. The van der Waals surface area contributed by atoms with Gasteiger partial charge in [0, 0.05) is 16.3 Å². The van der Waals surface area contributed by atoms with Crippen LogP contribution in [0.3, 0.4) is 0 Å². The van der Waals surface area contributed by atoms with Gasteiger partial charge in [-0.3, -0.25) is 4.79 Å². The summed E-state index contributed by atoms with van der Waals surface area (Å²) in [6.45, 7) is 0. The molecule has 17 heavy (non-hydrogen) atoms. The van der Waals surface area contributed by atoms with Crippen LogP contribution in [0.2, 0.25) is 5.02 Å². The van der Waals surface area contributed by atoms with Crippen molar-refractivity contribution >= 4 is 35.2 Å². The van der Waals surface area contributed by atoms with E-state index in [1.807, 2.05) is 0 Å². The van der Waals surface area contributed by atoms with E-state index in [0.717, 1.165) is 0 Å². The standard InChI is InChI=1S/C11H10ClNO3S/c12-8-3-1-2-7(4-8)10(14)13-6-17-5-9(13)11(15)16/h1-4,9H,5-6H2,(H,15,16). The topological polar surface area (TPSA) is 57.6 Å². The summed E-state index contributed by atoms with van der Waals surface area (Å²) in [5, 5.41) is 9.47. The zero-order chi connectivity index (χ0) is 12.4. The van der Waals surface area contributed by atoms with Crippen LogP contribution in [-0.2, 0) is 4.79 Å². The van der Waals surface area contributed by atoms with E-state index in [4.69, 9.17) is 16.7 Å². The summed E-state index contributed by atoms with van der Waals surface area (Å²) in [5.41, 5.74) is 0.422. The van der Waals surface area contributed by atoms with Gasteiger partial charge in [0.25, 0.3) is 5.91 Å². The van der Waals surface area contributed by atoms with E-state index in [1.54, 1.807) is 24.3 Å². The predicted octanol–water partition coefficient (Wildman–Crippen LogP) is 1.94. The lowest BCUT2D eigenvalue weighted by atomic mass is 10.2. The molecule has 1 heterocycles. The summed E-state index contributed by atoms with van der Waals surface area (Å²) in [6.07, 6.45) is 0. The number of thioether (sulfide) groups is 1. The lowest BCUT2D eigenvalue weighted by Crippen LogP contribution is -2.41. The van der Waals surface area contributed by atoms with E-state index in [9.17, 15) is 9.59 Å². The zero-order valence-corrected chi connectivity index (χ0v) is 10.4. The highest BCUT2D eigenvalue weighted by Crippen LogP contribution is 2.24. The van der Waals surface area contributed by atoms with Gasteiger partial charge in [0.15, 0.2) is 0 Å². The van der Waals surface area contributed by atoms with E-state index in [0.29, 0.717) is 22.2 Å². The minimum atomic E-state index is -0.967. The molecule has 1 saturated heterocycles. The molecule has 4 nitrogen and oxygen atoms in total. The number of hydrogen-bond acceptors (Lipinski definition) is 3. The summed E-state index contributed by atoms with van der Waals surface area (Å²) >= 11 is 7.24. The highest BCUT2D eigenvalue weighted by atomic mass is 35.5. The molecule has 1 aliphatic rings. The first-order valence-corrected chi connectivity index (χ1v) is 6.50. The number of rotatable bonds is 2. The van der Waals surface area contributed by atoms with Gasteiger partial charge in [-0.05, 0) is 18.2 Å². The van der Waals surface area contributed by atoms with Crippen LogP contribution in [0.5, 0.6) is 0 Å². The van der Waals surface area contributed by atoms with Crippen molar-refractivity contribution in [1.29, 1.82) is 0 Å². The number of carbonyl (C=O) groups excluding carboxylic acids is 1. The van der Waals surface area contributed by atoms with Gasteiger partial charge in [-0.25, -0.2) is 4.79 Å². The van der Waals surface area contributed by atoms with Crippen LogP contribution in [0.1, 0.15) is 10.4 Å². The number of nitrogens with zero attached hydrogens (tertiary/aromatic N) is 1. The lowest BCUT2D eigenvalue weighted by Gasteiger charge is -2.20. The number of carbonyl (C=O) groups is 2. The van der Waals surface area contributed by atoms with E-state index in [1.165, 1.54) is 16.7 Å². The van der Waals surface area contributed by atoms with Gasteiger partial charge in [0.1, 0.15) is 6.04 Å². The third kappa shape index (κ3) is 2.56. The Balaban J connectivity index is 2.23. The molecule has 6 heteroatoms. The molecular formula is C11H10ClNO3S. The fourth-order valence-electron chi connectivity index (χ4n) is 1.63. The van der Waals surface area contributed by atoms with Gasteiger partial charge in [-0.1, -0.05) is 17.7 Å². The third-order valence-electron chi connectivity index (χ3n) is 2.50. The maximum atomic E-state index is 12.1. The molecule has 1 fully saturated rings. The maximum Gasteiger partial charge on any atom is 0.327 e. The number of carboxylic acid groups (broad SMARTS) is 1. The largest absolute Gasteiger partial charge is 0.480 e. The highest BCUT2D eigenvalue weighted by Gasteiger charge is 2.34. The van der Waals surface area contributed by atoms with Crippen LogP contribution in [-0.4, -0.2) is 39.6 Å². The first-order valence-electron chi connectivity index (χ1n) is 4.96. The lowest BCUT2D eigenvalue weighted by molar-refractivity contribution is -0.140. The fourth-order valence-corrected chi connectivity index (χ4v) is 2.97. The summed E-state index contributed by atoms with van der Waals surface area (Å²) in [6, 6.07) is 5.79. The van der Waals surface area contributed by atoms with Gasteiger partial charge < -0.3 is 10.0 Å². The Morgan fingerprint density at radius 1 is 1.47 bits per heavy atom. The number of halogens is 1. The van der Waals surface area contributed by atoms with Crippen LogP contribution in [0.4, 0.5) is 0 Å². The van der Waals surface area contributed by atoms with Crippen LogP contribution < -0.4 is 0 Å². The molecule has 90 valence electrons. The Bertz CT molecular complexity index is 466. The minimum absolute atomic E-state index is 0.287. The highest BCUT2D eigenvalue weighted by molar-refractivity contribution is 7.99. The SMILES string of the molecule is O=C(O)C1CSCN1C(=O)c1cccc(Cl)c1. The van der Waals surface area contributed by atoms with Crippen LogP contribution in [0.15, 0.2) is 24.3 Å². The second kappa shape index (κ2) is 4.98. The number of amides is 1. The van der Waals surface area contributed by atoms with Crippen molar-refractivity contribution in [2.75, 3.05) is 11.6 Å². The predicted molar refractivity (Wildman–Crippen MR) is 66.4 cm³/mol. The number of hydrogen-bond donors (Lipinski definition) is 1. The summed E-state index contributed by atoms with van der Waals surface area (Å²) in [4.78, 5) is 24.4. The average molecular weight is 272 g/mol. The molecule has 1 aromatic carbocycles. The average Bonchev–Trinajstić information content (AvgIpc) is 2.77. The van der Waals surface area contributed by atoms with E-state index < -0.39 is 12.0 Å². The summed E-state index contributed by atoms with van der Waals surface area (Å²) < 4.78 is 0. The first kappa shape index (κ1) is 12.3. The van der Waals surface area contributed by atoms with Gasteiger partial charge in [-0.2, -0.15) is 0 Å². The van der Waals surface area contributed by atoms with Crippen molar-refractivity contribution in [3.63, 3.8) is 0 Å². The molecule has 0 radical (unpaired) electrons. The molecule has 0 spiro atoms. The number of carboxylic acids is 1. The van der Waals surface area contributed by atoms with Gasteiger partial charge in [0.2, 0.25) is 0 Å². The molecule has 1 aromatic rings. The Morgan fingerprint density at radius 2 is 2.24 bits per heavy atom. The van der Waals surface area contributed by atoms with Crippen molar-refractivity contribution in [3.8, 4) is 0 Å². The van der Waals surface area contributed by atoms with Crippen LogP contribution in [0, 0.1) is 0 Å². The Labute approximate surface area is 108 Å². The minimum Gasteiger partial charge on any atom is -0.480 e. The quantitative estimate of drug-likeness (QED) is 0.893. The normalized spacial score (nSPS) is 19.4. The molecule has 0 saturated carbocycles. The number of aliphatic carboxylic acids is 1. The van der Waals surface area contributed by atoms with Crippen molar-refractivity contribution in [1.82, 2.24) is 4.90 Å². The van der Waals surface area contributed by atoms with E-state index >= 15 is 0 Å². The van der Waals surface area contributed by atoms with Crippen molar-refractivity contribution in [2.45, 2.75) is 6.04 Å². The van der Waals surface area contributed by atoms with Gasteiger partial charge in [-0.15, -0.1) is 11.8 Å². The molecule has 1 aliphatic heterocycles. The molecule has 2 rings (SSSR count). The molecule has 1 N–H and O–H groups in total. The molecule has 1 amide bonds. The van der Waals surface area contributed by atoms with Crippen molar-refractivity contribution in [2.24, 2.45) is 0 Å². The summed E-state index contributed by atoms with van der Waals surface area (Å²) in [5.74, 6) is -0.417. The molecular weight excluding hydrogens is 262 g/mol. The van der Waals surface area contributed by atoms with Gasteiger partial charge in [0.05, 0.1) is 5.88 Å². The Morgan fingerprint density at radius 3 is 2.88 bits per heavy atom. The molecule has 1 atom stereocenters. The second-order valence-electron chi connectivity index (χ2n) is 3.64. The van der Waals surface area contributed by atoms with E-state index in [-0.39, 0.29) is 5.91 Å². The van der Waals surface area contributed by atoms with Crippen molar-refractivity contribution < 1.29 is 14.7 Å². The molecule has 0 bridgehead atoms. The third-order valence-corrected chi connectivity index (χ3v) is 3.75. The summed E-state index contributed by atoms with van der Waals surface area (Å²) in [7, 11) is 0. The van der Waals surface area contributed by atoms with E-state index in [2.05, 4.69) is 0 Å². The number of benzene rings is 1. The Hall–Kier alpha value is -1.20.